The molecular weight excluding hydrogens is 283 g/mol. The monoisotopic (exact) mass is 294 g/mol. The molecule has 0 bridgehead atoms. The van der Waals surface area contributed by atoms with Gasteiger partial charge in [-0.25, -0.2) is 4.39 Å². The zero-order chi connectivity index (χ0) is 13.8. The molecule has 0 fully saturated rings. The molecule has 0 unspecified atom stereocenters. The Morgan fingerprint density at radius 3 is 2.47 bits per heavy atom. The quantitative estimate of drug-likeness (QED) is 0.594. The number of carbonyl (C=O) groups excluding carboxylic acids is 1. The van der Waals surface area contributed by atoms with E-state index in [1.54, 1.807) is 23.9 Å². The van der Waals surface area contributed by atoms with Crippen LogP contribution in [0.25, 0.3) is 0 Å². The van der Waals surface area contributed by atoms with Crippen LogP contribution >= 0.6 is 23.4 Å². The van der Waals surface area contributed by atoms with E-state index in [0.717, 1.165) is 16.7 Å². The van der Waals surface area contributed by atoms with Crippen molar-refractivity contribution in [3.63, 3.8) is 0 Å². The number of rotatable bonds is 4. The largest absolute Gasteiger partial charge is 0.288 e. The number of carbonyl (C=O) groups is 1. The van der Waals surface area contributed by atoms with Crippen molar-refractivity contribution in [2.75, 3.05) is 5.75 Å². The summed E-state index contributed by atoms with van der Waals surface area (Å²) in [6.45, 7) is 2.06. The summed E-state index contributed by atoms with van der Waals surface area (Å²) in [5.41, 5.74) is 0.516. The van der Waals surface area contributed by atoms with Crippen LogP contribution < -0.4 is 0 Å². The second-order valence-electron chi connectivity index (χ2n) is 3.91. The summed E-state index contributed by atoms with van der Waals surface area (Å²) in [6, 6.07) is 11.2. The summed E-state index contributed by atoms with van der Waals surface area (Å²) >= 11 is 7.36. The zero-order valence-corrected chi connectivity index (χ0v) is 11.9. The van der Waals surface area contributed by atoms with Gasteiger partial charge in [0.15, 0.2) is 5.78 Å². The first-order valence-electron chi connectivity index (χ1n) is 5.84. The van der Waals surface area contributed by atoms with Crippen LogP contribution in [0.3, 0.4) is 0 Å². The fourth-order valence-electron chi connectivity index (χ4n) is 1.70. The summed E-state index contributed by atoms with van der Waals surface area (Å²) < 4.78 is 13.7. The van der Waals surface area contributed by atoms with Crippen LogP contribution in [0.4, 0.5) is 4.39 Å². The lowest BCUT2D eigenvalue weighted by atomic mass is 10.0. The molecule has 0 amide bonds. The lowest BCUT2D eigenvalue weighted by molar-refractivity contribution is 0.103. The fraction of sp³-hybridized carbons (Fsp3) is 0.133. The van der Waals surface area contributed by atoms with E-state index >= 15 is 0 Å². The summed E-state index contributed by atoms with van der Waals surface area (Å²) in [7, 11) is 0. The molecule has 98 valence electrons. The van der Waals surface area contributed by atoms with Crippen LogP contribution in [0.1, 0.15) is 22.8 Å². The molecule has 0 N–H and O–H groups in total. The Morgan fingerprint density at radius 1 is 1.21 bits per heavy atom. The Balaban J connectivity index is 2.28. The van der Waals surface area contributed by atoms with Crippen LogP contribution in [0, 0.1) is 5.82 Å². The minimum absolute atomic E-state index is 0.0419. The fourth-order valence-corrected chi connectivity index (χ4v) is 2.52. The molecule has 0 radical (unpaired) electrons. The highest BCUT2D eigenvalue weighted by Crippen LogP contribution is 2.21. The molecule has 1 nitrogen and oxygen atoms in total. The molecule has 0 heterocycles. The molecule has 2 rings (SSSR count). The highest BCUT2D eigenvalue weighted by molar-refractivity contribution is 7.99. The maximum Gasteiger partial charge on any atom is 0.195 e. The van der Waals surface area contributed by atoms with Gasteiger partial charge < -0.3 is 0 Å². The predicted octanol–water partition coefficient (Wildman–Crippen LogP) is 4.82. The van der Waals surface area contributed by atoms with Gasteiger partial charge in [-0.1, -0.05) is 18.5 Å². The van der Waals surface area contributed by atoms with E-state index in [9.17, 15) is 9.18 Å². The Morgan fingerprint density at radius 2 is 1.89 bits per heavy atom. The molecule has 0 aromatic heterocycles. The molecule has 19 heavy (non-hydrogen) atoms. The maximum absolute atomic E-state index is 13.7. The van der Waals surface area contributed by atoms with E-state index < -0.39 is 5.82 Å². The molecule has 0 spiro atoms. The van der Waals surface area contributed by atoms with Gasteiger partial charge in [0.1, 0.15) is 5.82 Å². The van der Waals surface area contributed by atoms with Crippen LogP contribution in [0.15, 0.2) is 47.4 Å². The number of benzene rings is 2. The molecule has 0 saturated carbocycles. The first kappa shape index (κ1) is 14.1. The van der Waals surface area contributed by atoms with Gasteiger partial charge in [0.05, 0.1) is 5.56 Å². The Labute approximate surface area is 120 Å². The minimum atomic E-state index is -0.593. The van der Waals surface area contributed by atoms with Crippen LogP contribution in [0.2, 0.25) is 5.02 Å². The van der Waals surface area contributed by atoms with Crippen LogP contribution in [-0.4, -0.2) is 11.5 Å². The number of ketones is 1. The normalized spacial score (nSPS) is 10.5. The van der Waals surface area contributed by atoms with Crippen molar-refractivity contribution in [2.45, 2.75) is 11.8 Å². The highest BCUT2D eigenvalue weighted by atomic mass is 35.5. The van der Waals surface area contributed by atoms with Gasteiger partial charge in [0, 0.05) is 15.5 Å². The average molecular weight is 295 g/mol. The molecular formula is C15H12ClFOS. The van der Waals surface area contributed by atoms with Crippen molar-refractivity contribution >= 4 is 29.1 Å². The van der Waals surface area contributed by atoms with Crippen molar-refractivity contribution in [1.82, 2.24) is 0 Å². The lowest BCUT2D eigenvalue weighted by Gasteiger charge is -2.04. The van der Waals surface area contributed by atoms with Crippen molar-refractivity contribution in [1.29, 1.82) is 0 Å². The molecule has 0 atom stereocenters. The van der Waals surface area contributed by atoms with Crippen molar-refractivity contribution < 1.29 is 9.18 Å². The zero-order valence-electron chi connectivity index (χ0n) is 10.3. The Bertz CT molecular complexity index is 596. The van der Waals surface area contributed by atoms with Gasteiger partial charge in [-0.15, -0.1) is 11.8 Å². The van der Waals surface area contributed by atoms with E-state index in [2.05, 4.69) is 6.92 Å². The van der Waals surface area contributed by atoms with E-state index in [0.29, 0.717) is 5.56 Å². The Kier molecular flexibility index (Phi) is 4.61. The number of hydrogen-bond donors (Lipinski definition) is 0. The number of halogens is 2. The second kappa shape index (κ2) is 6.22. The summed E-state index contributed by atoms with van der Waals surface area (Å²) in [4.78, 5) is 13.3. The van der Waals surface area contributed by atoms with Crippen LogP contribution in [0.5, 0.6) is 0 Å². The van der Waals surface area contributed by atoms with E-state index in [-0.39, 0.29) is 16.4 Å². The van der Waals surface area contributed by atoms with Gasteiger partial charge in [0.2, 0.25) is 0 Å². The van der Waals surface area contributed by atoms with Crippen molar-refractivity contribution in [3.05, 3.63) is 64.4 Å². The molecule has 0 aliphatic rings. The topological polar surface area (TPSA) is 17.1 Å². The predicted molar refractivity (Wildman–Crippen MR) is 77.7 cm³/mol. The smallest absolute Gasteiger partial charge is 0.195 e. The number of thioether (sulfide) groups is 1. The summed E-state index contributed by atoms with van der Waals surface area (Å²) in [5, 5.41) is 0.281. The highest BCUT2D eigenvalue weighted by Gasteiger charge is 2.14. The average Bonchev–Trinajstić information content (AvgIpc) is 2.39. The third-order valence-electron chi connectivity index (χ3n) is 2.60. The third-order valence-corrected chi connectivity index (χ3v) is 3.73. The lowest BCUT2D eigenvalue weighted by Crippen LogP contribution is -2.04. The van der Waals surface area contributed by atoms with Gasteiger partial charge in [-0.3, -0.25) is 4.79 Å². The van der Waals surface area contributed by atoms with E-state index in [1.165, 1.54) is 12.1 Å². The summed E-state index contributed by atoms with van der Waals surface area (Å²) in [5.74, 6) is 0.0470. The third kappa shape index (κ3) is 3.37. The second-order valence-corrected chi connectivity index (χ2v) is 5.68. The van der Waals surface area contributed by atoms with Crippen molar-refractivity contribution in [2.24, 2.45) is 0 Å². The first-order valence-corrected chi connectivity index (χ1v) is 7.20. The standard InChI is InChI=1S/C15H12ClFOS/c1-2-19-12-6-3-10(4-7-12)15(18)13-8-5-11(16)9-14(13)17/h3-9H,2H2,1H3. The number of hydrogen-bond acceptors (Lipinski definition) is 2. The summed E-state index contributed by atoms with van der Waals surface area (Å²) in [6.07, 6.45) is 0. The molecule has 4 heteroatoms. The SMILES string of the molecule is CCSc1ccc(C(=O)c2ccc(Cl)cc2F)cc1. The first-order chi connectivity index (χ1) is 9.11. The van der Waals surface area contributed by atoms with E-state index in [1.807, 2.05) is 12.1 Å². The van der Waals surface area contributed by atoms with Gasteiger partial charge in [0.25, 0.3) is 0 Å². The van der Waals surface area contributed by atoms with Gasteiger partial charge in [-0.2, -0.15) is 0 Å². The van der Waals surface area contributed by atoms with Crippen LogP contribution in [-0.2, 0) is 0 Å². The molecule has 0 saturated heterocycles. The molecule has 0 aliphatic heterocycles. The van der Waals surface area contributed by atoms with Gasteiger partial charge in [-0.05, 0) is 48.2 Å². The Hall–Kier alpha value is -1.32. The van der Waals surface area contributed by atoms with Gasteiger partial charge >= 0.3 is 0 Å². The molecule has 0 aliphatic carbocycles. The molecule has 2 aromatic carbocycles. The van der Waals surface area contributed by atoms with Crippen molar-refractivity contribution in [3.8, 4) is 0 Å². The minimum Gasteiger partial charge on any atom is -0.288 e. The maximum atomic E-state index is 13.7. The molecule has 2 aromatic rings. The van der Waals surface area contributed by atoms with E-state index in [4.69, 9.17) is 11.6 Å².